The van der Waals surface area contributed by atoms with Gasteiger partial charge in [0.1, 0.15) is 17.8 Å². The molecule has 1 aromatic carbocycles. The molecule has 0 saturated carbocycles. The van der Waals surface area contributed by atoms with Crippen LogP contribution in [0.5, 0.6) is 11.5 Å². The number of H-pyrrole nitrogens is 1. The second-order valence-electron chi connectivity index (χ2n) is 6.06. The van der Waals surface area contributed by atoms with Gasteiger partial charge in [0.25, 0.3) is 5.24 Å². The summed E-state index contributed by atoms with van der Waals surface area (Å²) in [4.78, 5) is 27.5. The minimum absolute atomic E-state index is 0.193. The number of rotatable bonds is 3. The molecule has 1 amide bonds. The normalized spacial score (nSPS) is 14.9. The van der Waals surface area contributed by atoms with E-state index in [4.69, 9.17) is 9.47 Å². The third-order valence-corrected chi connectivity index (χ3v) is 5.01. The van der Waals surface area contributed by atoms with Crippen molar-refractivity contribution >= 4 is 45.6 Å². The highest BCUT2D eigenvalue weighted by Gasteiger charge is 2.23. The lowest BCUT2D eigenvalue weighted by molar-refractivity contribution is 0.220. The number of amides is 1. The first-order chi connectivity index (χ1) is 12.6. The third kappa shape index (κ3) is 2.68. The van der Waals surface area contributed by atoms with E-state index in [-0.39, 0.29) is 5.24 Å². The largest absolute Gasteiger partial charge is 0.493 e. The fourth-order valence-corrected chi connectivity index (χ4v) is 3.59. The Balaban J connectivity index is 1.82. The van der Waals surface area contributed by atoms with Crippen LogP contribution in [0.4, 0.5) is 10.6 Å². The Morgan fingerprint density at radius 2 is 1.81 bits per heavy atom. The van der Waals surface area contributed by atoms with Crippen molar-refractivity contribution in [1.29, 1.82) is 0 Å². The maximum Gasteiger partial charge on any atom is 0.278 e. The molecule has 9 heteroatoms. The molecule has 1 fully saturated rings. The minimum Gasteiger partial charge on any atom is -0.493 e. The smallest absolute Gasteiger partial charge is 0.278 e. The van der Waals surface area contributed by atoms with Crippen molar-refractivity contribution in [3.05, 3.63) is 18.5 Å². The lowest BCUT2D eigenvalue weighted by atomic mass is 10.1. The zero-order valence-electron chi connectivity index (χ0n) is 14.5. The standard InChI is InChI=1S/C17H19N5O3S/c1-24-12-7-10-11(8-13(12)25-2)20-15-14(10)16(19-9-18-15)21-3-5-22(6-4-21)17(23)26/h7-9H,3-6H2,1-2H3,(H,23,26)(H,18,19,20). The van der Waals surface area contributed by atoms with Crippen molar-refractivity contribution < 1.29 is 14.3 Å². The average Bonchev–Trinajstić information content (AvgIpc) is 3.04. The molecule has 0 unspecified atom stereocenters. The van der Waals surface area contributed by atoms with Gasteiger partial charge >= 0.3 is 0 Å². The summed E-state index contributed by atoms with van der Waals surface area (Å²) in [5, 5.41) is 1.72. The lowest BCUT2D eigenvalue weighted by Crippen LogP contribution is -2.47. The number of carbonyl (C=O) groups excluding carboxylic acids is 1. The molecule has 0 atom stereocenters. The van der Waals surface area contributed by atoms with Crippen LogP contribution < -0.4 is 14.4 Å². The van der Waals surface area contributed by atoms with E-state index < -0.39 is 0 Å². The molecule has 1 N–H and O–H groups in total. The second kappa shape index (κ2) is 6.56. The van der Waals surface area contributed by atoms with Crippen LogP contribution in [0.2, 0.25) is 0 Å². The molecular weight excluding hydrogens is 354 g/mol. The Morgan fingerprint density at radius 1 is 1.12 bits per heavy atom. The number of carbonyl (C=O) groups is 1. The predicted octanol–water partition coefficient (Wildman–Crippen LogP) is 2.30. The first-order valence-corrected chi connectivity index (χ1v) is 8.68. The van der Waals surface area contributed by atoms with Crippen molar-refractivity contribution in [1.82, 2.24) is 19.9 Å². The molecule has 3 aromatic rings. The van der Waals surface area contributed by atoms with Crippen molar-refractivity contribution in [2.24, 2.45) is 0 Å². The van der Waals surface area contributed by atoms with E-state index >= 15 is 0 Å². The van der Waals surface area contributed by atoms with E-state index in [1.807, 2.05) is 12.1 Å². The topological polar surface area (TPSA) is 83.6 Å². The Morgan fingerprint density at radius 3 is 2.46 bits per heavy atom. The summed E-state index contributed by atoms with van der Waals surface area (Å²) in [6, 6.07) is 3.84. The zero-order chi connectivity index (χ0) is 18.3. The maximum absolute atomic E-state index is 11.4. The fraction of sp³-hybridized carbons (Fsp3) is 0.353. The number of aromatic amines is 1. The number of ether oxygens (including phenoxy) is 2. The molecule has 0 bridgehead atoms. The summed E-state index contributed by atoms with van der Waals surface area (Å²) < 4.78 is 10.8. The van der Waals surface area contributed by atoms with Gasteiger partial charge in [0.15, 0.2) is 11.5 Å². The molecule has 2 aromatic heterocycles. The number of benzene rings is 1. The van der Waals surface area contributed by atoms with Gasteiger partial charge in [-0.05, 0) is 6.07 Å². The van der Waals surface area contributed by atoms with Crippen LogP contribution >= 0.6 is 12.6 Å². The number of methoxy groups -OCH3 is 2. The number of hydrogen-bond donors (Lipinski definition) is 2. The van der Waals surface area contributed by atoms with Crippen LogP contribution in [-0.4, -0.2) is 65.5 Å². The Labute approximate surface area is 155 Å². The van der Waals surface area contributed by atoms with Crippen molar-refractivity contribution in [2.45, 2.75) is 0 Å². The first kappa shape index (κ1) is 16.8. The molecule has 26 heavy (non-hydrogen) atoms. The molecule has 4 rings (SSSR count). The van der Waals surface area contributed by atoms with Gasteiger partial charge in [0, 0.05) is 37.6 Å². The minimum atomic E-state index is -0.193. The third-order valence-electron chi connectivity index (χ3n) is 4.72. The summed E-state index contributed by atoms with van der Waals surface area (Å²) in [5.74, 6) is 2.16. The number of nitrogens with one attached hydrogen (secondary N) is 1. The van der Waals surface area contributed by atoms with E-state index in [9.17, 15) is 4.79 Å². The molecule has 3 heterocycles. The maximum atomic E-state index is 11.4. The monoisotopic (exact) mass is 373 g/mol. The number of hydrogen-bond acceptors (Lipinski definition) is 6. The van der Waals surface area contributed by atoms with Crippen LogP contribution in [0.3, 0.4) is 0 Å². The van der Waals surface area contributed by atoms with E-state index in [2.05, 4.69) is 32.5 Å². The fourth-order valence-electron chi connectivity index (χ4n) is 3.39. The van der Waals surface area contributed by atoms with Crippen LogP contribution in [0, 0.1) is 0 Å². The summed E-state index contributed by atoms with van der Waals surface area (Å²) in [5.41, 5.74) is 1.66. The summed E-state index contributed by atoms with van der Waals surface area (Å²) in [7, 11) is 3.23. The van der Waals surface area contributed by atoms with Crippen molar-refractivity contribution in [3.8, 4) is 11.5 Å². The first-order valence-electron chi connectivity index (χ1n) is 8.23. The van der Waals surface area contributed by atoms with E-state index in [0.29, 0.717) is 37.7 Å². The molecular formula is C17H19N5O3S. The Bertz CT molecular complexity index is 981. The van der Waals surface area contributed by atoms with Gasteiger partial charge in [0.05, 0.1) is 25.1 Å². The highest BCUT2D eigenvalue weighted by molar-refractivity contribution is 7.96. The molecule has 0 aliphatic carbocycles. The molecule has 1 saturated heterocycles. The number of nitrogens with zero attached hydrogens (tertiary/aromatic N) is 4. The quantitative estimate of drug-likeness (QED) is 0.686. The van der Waals surface area contributed by atoms with Crippen molar-refractivity contribution in [3.63, 3.8) is 0 Å². The van der Waals surface area contributed by atoms with Gasteiger partial charge in [0.2, 0.25) is 0 Å². The zero-order valence-corrected chi connectivity index (χ0v) is 15.4. The molecule has 1 aliphatic heterocycles. The van der Waals surface area contributed by atoms with E-state index in [1.54, 1.807) is 25.4 Å². The molecule has 0 radical (unpaired) electrons. The van der Waals surface area contributed by atoms with Crippen LogP contribution in [0.25, 0.3) is 21.9 Å². The van der Waals surface area contributed by atoms with Gasteiger partial charge in [-0.15, -0.1) is 0 Å². The Hall–Kier alpha value is -2.68. The molecule has 0 spiro atoms. The molecule has 8 nitrogen and oxygen atoms in total. The van der Waals surface area contributed by atoms with Crippen LogP contribution in [-0.2, 0) is 0 Å². The van der Waals surface area contributed by atoms with Gasteiger partial charge < -0.3 is 24.3 Å². The van der Waals surface area contributed by atoms with E-state index in [0.717, 1.165) is 27.8 Å². The van der Waals surface area contributed by atoms with Crippen LogP contribution in [0.15, 0.2) is 18.5 Å². The SMILES string of the molecule is COc1cc2[nH]c3ncnc(N4CCN(C(=O)S)CC4)c3c2cc1OC. The number of anilines is 1. The van der Waals surface area contributed by atoms with Gasteiger partial charge in [-0.1, -0.05) is 12.6 Å². The molecule has 136 valence electrons. The highest BCUT2D eigenvalue weighted by atomic mass is 32.1. The van der Waals surface area contributed by atoms with Gasteiger partial charge in [-0.2, -0.15) is 0 Å². The summed E-state index contributed by atoms with van der Waals surface area (Å²) in [6.45, 7) is 2.62. The average molecular weight is 373 g/mol. The number of piperazine rings is 1. The highest BCUT2D eigenvalue weighted by Crippen LogP contribution is 2.38. The van der Waals surface area contributed by atoms with E-state index in [1.165, 1.54) is 0 Å². The number of thiol groups is 1. The number of aromatic nitrogens is 3. The van der Waals surface area contributed by atoms with Crippen LogP contribution in [0.1, 0.15) is 0 Å². The predicted molar refractivity (Wildman–Crippen MR) is 103 cm³/mol. The second-order valence-corrected chi connectivity index (χ2v) is 6.44. The molecule has 1 aliphatic rings. The van der Waals surface area contributed by atoms with Crippen molar-refractivity contribution in [2.75, 3.05) is 45.3 Å². The Kier molecular flexibility index (Phi) is 4.23. The lowest BCUT2D eigenvalue weighted by Gasteiger charge is -2.34. The summed E-state index contributed by atoms with van der Waals surface area (Å²) >= 11 is 3.91. The summed E-state index contributed by atoms with van der Waals surface area (Å²) in [6.07, 6.45) is 1.55. The number of fused-ring (bicyclic) bond motifs is 3. The van der Waals surface area contributed by atoms with Gasteiger partial charge in [-0.3, -0.25) is 4.79 Å². The van der Waals surface area contributed by atoms with Gasteiger partial charge in [-0.25, -0.2) is 9.97 Å².